The van der Waals surface area contributed by atoms with Gasteiger partial charge in [-0.15, -0.1) is 0 Å². The Kier molecular flexibility index (Phi) is 4.57. The summed E-state index contributed by atoms with van der Waals surface area (Å²) in [5.74, 6) is -0.238. The lowest BCUT2D eigenvalue weighted by molar-refractivity contribution is 0.608. The highest BCUT2D eigenvalue weighted by Gasteiger charge is 2.14. The van der Waals surface area contributed by atoms with Gasteiger partial charge in [-0.2, -0.15) is 0 Å². The molecule has 0 heterocycles. The van der Waals surface area contributed by atoms with Crippen LogP contribution in [0.4, 0.5) is 10.1 Å². The van der Waals surface area contributed by atoms with Crippen LogP contribution in [0.2, 0.25) is 5.02 Å². The van der Waals surface area contributed by atoms with E-state index in [-0.39, 0.29) is 10.8 Å². The van der Waals surface area contributed by atoms with Crippen molar-refractivity contribution in [2.75, 3.05) is 11.9 Å². The summed E-state index contributed by atoms with van der Waals surface area (Å²) in [4.78, 5) is 2.10. The van der Waals surface area contributed by atoms with Gasteiger partial charge in [-0.05, 0) is 18.2 Å². The molecule has 0 aliphatic rings. The standard InChI is InChI=1S/C15H14ClFN2S/c1-19(9-10-5-2-3-7-12(10)17)13-8-4-6-11(16)14(13)15(18)20/h2-8H,9H2,1H3,(H2,18,20). The summed E-state index contributed by atoms with van der Waals surface area (Å²) in [6, 6.07) is 12.1. The lowest BCUT2D eigenvalue weighted by atomic mass is 10.1. The summed E-state index contributed by atoms with van der Waals surface area (Å²) in [5, 5.41) is 0.496. The lowest BCUT2D eigenvalue weighted by Crippen LogP contribution is -2.22. The Labute approximate surface area is 128 Å². The molecule has 0 amide bonds. The van der Waals surface area contributed by atoms with Gasteiger partial charge in [0.05, 0.1) is 10.6 Å². The van der Waals surface area contributed by atoms with Crippen LogP contribution in [0.3, 0.4) is 0 Å². The van der Waals surface area contributed by atoms with Crippen molar-refractivity contribution in [3.05, 3.63) is 64.4 Å². The normalized spacial score (nSPS) is 10.3. The topological polar surface area (TPSA) is 29.3 Å². The Balaban J connectivity index is 2.35. The fraction of sp³-hybridized carbons (Fsp3) is 0.133. The van der Waals surface area contributed by atoms with Crippen LogP contribution >= 0.6 is 23.8 Å². The fourth-order valence-corrected chi connectivity index (χ4v) is 2.58. The van der Waals surface area contributed by atoms with Gasteiger partial charge in [0, 0.05) is 24.8 Å². The summed E-state index contributed by atoms with van der Waals surface area (Å²) < 4.78 is 13.7. The van der Waals surface area contributed by atoms with Crippen molar-refractivity contribution in [3.8, 4) is 0 Å². The first-order valence-electron chi connectivity index (χ1n) is 6.03. The van der Waals surface area contributed by atoms with Crippen molar-refractivity contribution in [3.63, 3.8) is 0 Å². The quantitative estimate of drug-likeness (QED) is 0.872. The van der Waals surface area contributed by atoms with Gasteiger partial charge in [-0.1, -0.05) is 48.1 Å². The van der Waals surface area contributed by atoms with E-state index in [0.717, 1.165) is 5.69 Å². The van der Waals surface area contributed by atoms with E-state index in [9.17, 15) is 4.39 Å². The first-order valence-corrected chi connectivity index (χ1v) is 6.82. The molecule has 5 heteroatoms. The van der Waals surface area contributed by atoms with Gasteiger partial charge < -0.3 is 10.6 Å². The number of anilines is 1. The van der Waals surface area contributed by atoms with Crippen LogP contribution in [0.25, 0.3) is 0 Å². The highest BCUT2D eigenvalue weighted by atomic mass is 35.5. The third-order valence-corrected chi connectivity index (χ3v) is 3.53. The molecular weight excluding hydrogens is 295 g/mol. The molecule has 2 aromatic rings. The van der Waals surface area contributed by atoms with Crippen molar-refractivity contribution >= 4 is 34.5 Å². The molecule has 20 heavy (non-hydrogen) atoms. The number of nitrogens with two attached hydrogens (primary N) is 1. The molecule has 2 aromatic carbocycles. The second kappa shape index (κ2) is 6.20. The summed E-state index contributed by atoms with van der Waals surface area (Å²) in [7, 11) is 1.85. The minimum absolute atomic E-state index is 0.228. The first-order chi connectivity index (χ1) is 9.50. The average Bonchev–Trinajstić information content (AvgIpc) is 2.40. The minimum Gasteiger partial charge on any atom is -0.389 e. The summed E-state index contributed by atoms with van der Waals surface area (Å²) in [6.45, 7) is 0.405. The van der Waals surface area contributed by atoms with Gasteiger partial charge in [0.15, 0.2) is 0 Å². The molecular formula is C15H14ClFN2S. The highest BCUT2D eigenvalue weighted by molar-refractivity contribution is 7.80. The molecule has 0 atom stereocenters. The largest absolute Gasteiger partial charge is 0.389 e. The predicted molar refractivity (Wildman–Crippen MR) is 85.8 cm³/mol. The minimum atomic E-state index is -0.238. The second-order valence-corrected chi connectivity index (χ2v) is 5.29. The van der Waals surface area contributed by atoms with Crippen molar-refractivity contribution in [1.82, 2.24) is 0 Å². The first kappa shape index (κ1) is 14.8. The molecule has 0 radical (unpaired) electrons. The number of hydrogen-bond acceptors (Lipinski definition) is 2. The predicted octanol–water partition coefficient (Wildman–Crippen LogP) is 3.75. The van der Waals surface area contributed by atoms with Gasteiger partial charge in [0.2, 0.25) is 0 Å². The summed E-state index contributed by atoms with van der Waals surface area (Å²) >= 11 is 11.2. The summed E-state index contributed by atoms with van der Waals surface area (Å²) in [5.41, 5.74) is 7.72. The third-order valence-electron chi connectivity index (χ3n) is 3.01. The number of hydrogen-bond donors (Lipinski definition) is 1. The third kappa shape index (κ3) is 3.08. The zero-order chi connectivity index (χ0) is 14.7. The van der Waals surface area contributed by atoms with Crippen LogP contribution in [-0.2, 0) is 6.54 Å². The van der Waals surface area contributed by atoms with Gasteiger partial charge in [-0.3, -0.25) is 0 Å². The Morgan fingerprint density at radius 2 is 1.95 bits per heavy atom. The van der Waals surface area contributed by atoms with Gasteiger partial charge >= 0.3 is 0 Å². The molecule has 0 spiro atoms. The van der Waals surface area contributed by atoms with Crippen LogP contribution in [0.15, 0.2) is 42.5 Å². The van der Waals surface area contributed by atoms with Crippen LogP contribution in [0.1, 0.15) is 11.1 Å². The molecule has 0 saturated heterocycles. The lowest BCUT2D eigenvalue weighted by Gasteiger charge is -2.23. The Morgan fingerprint density at radius 3 is 2.60 bits per heavy atom. The van der Waals surface area contributed by atoms with Gasteiger partial charge in [-0.25, -0.2) is 4.39 Å². The molecule has 2 N–H and O–H groups in total. The van der Waals surface area contributed by atoms with Crippen molar-refractivity contribution in [2.24, 2.45) is 5.73 Å². The SMILES string of the molecule is CN(Cc1ccccc1F)c1cccc(Cl)c1C(N)=S. The fourth-order valence-electron chi connectivity index (χ4n) is 2.04. The van der Waals surface area contributed by atoms with E-state index in [0.29, 0.717) is 22.7 Å². The van der Waals surface area contributed by atoms with E-state index in [1.54, 1.807) is 24.3 Å². The van der Waals surface area contributed by atoms with Crippen molar-refractivity contribution < 1.29 is 4.39 Å². The molecule has 0 unspecified atom stereocenters. The van der Waals surface area contributed by atoms with Gasteiger partial charge in [0.25, 0.3) is 0 Å². The van der Waals surface area contributed by atoms with E-state index < -0.39 is 0 Å². The highest BCUT2D eigenvalue weighted by Crippen LogP contribution is 2.28. The second-order valence-electron chi connectivity index (χ2n) is 4.45. The molecule has 0 aliphatic heterocycles. The van der Waals surface area contributed by atoms with Gasteiger partial charge in [0.1, 0.15) is 10.8 Å². The van der Waals surface area contributed by atoms with Crippen LogP contribution in [0.5, 0.6) is 0 Å². The van der Waals surface area contributed by atoms with E-state index in [2.05, 4.69) is 0 Å². The number of halogens is 2. The molecule has 0 aliphatic carbocycles. The monoisotopic (exact) mass is 308 g/mol. The van der Waals surface area contributed by atoms with Crippen LogP contribution in [-0.4, -0.2) is 12.0 Å². The Hall–Kier alpha value is -1.65. The number of thiocarbonyl (C=S) groups is 1. The molecule has 0 aromatic heterocycles. The summed E-state index contributed by atoms with van der Waals surface area (Å²) in [6.07, 6.45) is 0. The smallest absolute Gasteiger partial charge is 0.128 e. The maximum absolute atomic E-state index is 13.7. The Bertz CT molecular complexity index is 646. The number of nitrogens with zero attached hydrogens (tertiary/aromatic N) is 1. The maximum atomic E-state index is 13.7. The maximum Gasteiger partial charge on any atom is 0.128 e. The molecule has 104 valence electrons. The molecule has 2 nitrogen and oxygen atoms in total. The van der Waals surface area contributed by atoms with E-state index >= 15 is 0 Å². The Morgan fingerprint density at radius 1 is 1.25 bits per heavy atom. The zero-order valence-electron chi connectivity index (χ0n) is 10.9. The number of rotatable bonds is 4. The zero-order valence-corrected chi connectivity index (χ0v) is 12.5. The molecule has 2 rings (SSSR count). The van der Waals surface area contributed by atoms with Crippen LogP contribution < -0.4 is 10.6 Å². The van der Waals surface area contributed by atoms with E-state index in [1.165, 1.54) is 6.07 Å². The molecule has 0 bridgehead atoms. The van der Waals surface area contributed by atoms with Crippen molar-refractivity contribution in [2.45, 2.75) is 6.54 Å². The van der Waals surface area contributed by atoms with E-state index in [1.807, 2.05) is 24.1 Å². The molecule has 0 fully saturated rings. The number of benzene rings is 2. The van der Waals surface area contributed by atoms with E-state index in [4.69, 9.17) is 29.6 Å². The van der Waals surface area contributed by atoms with Crippen molar-refractivity contribution in [1.29, 1.82) is 0 Å². The van der Waals surface area contributed by atoms with Crippen LogP contribution in [0, 0.1) is 5.82 Å². The molecule has 0 saturated carbocycles. The average molecular weight is 309 g/mol.